The zero-order valence-corrected chi connectivity index (χ0v) is 6.99. The smallest absolute Gasteiger partial charge is 0.209 e. The van der Waals surface area contributed by atoms with E-state index in [0.29, 0.717) is 6.04 Å². The monoisotopic (exact) mass is 153 g/mol. The van der Waals surface area contributed by atoms with Crippen LogP contribution in [0.3, 0.4) is 0 Å². The molecule has 1 amide bonds. The second-order valence-corrected chi connectivity index (χ2v) is 3.92. The van der Waals surface area contributed by atoms with Crippen LogP contribution < -0.4 is 0 Å². The fraction of sp³-hybridized carbons (Fsp3) is 0.889. The Kier molecular flexibility index (Phi) is 1.63. The van der Waals surface area contributed by atoms with Crippen molar-refractivity contribution in [3.8, 4) is 0 Å². The largest absolute Gasteiger partial charge is 0.342 e. The molecule has 2 heteroatoms. The third-order valence-corrected chi connectivity index (χ3v) is 3.42. The lowest BCUT2D eigenvalue weighted by atomic mass is 9.95. The predicted octanol–water partition coefficient (Wildman–Crippen LogP) is 1.26. The normalized spacial score (nSPS) is 42.6. The summed E-state index contributed by atoms with van der Waals surface area (Å²) in [5, 5.41) is 0. The van der Waals surface area contributed by atoms with E-state index < -0.39 is 0 Å². The van der Waals surface area contributed by atoms with Gasteiger partial charge in [-0.1, -0.05) is 6.92 Å². The molecule has 0 aromatic rings. The minimum Gasteiger partial charge on any atom is -0.342 e. The fourth-order valence-electron chi connectivity index (χ4n) is 2.72. The van der Waals surface area contributed by atoms with E-state index >= 15 is 0 Å². The van der Waals surface area contributed by atoms with E-state index in [1.165, 1.54) is 19.3 Å². The Labute approximate surface area is 67.6 Å². The van der Waals surface area contributed by atoms with Crippen molar-refractivity contribution in [2.75, 3.05) is 6.54 Å². The molecule has 2 aliphatic rings. The first kappa shape index (κ1) is 7.14. The molecule has 0 aromatic heterocycles. The third-order valence-electron chi connectivity index (χ3n) is 3.42. The van der Waals surface area contributed by atoms with Gasteiger partial charge < -0.3 is 4.90 Å². The average molecular weight is 153 g/mol. The number of nitrogens with zero attached hydrogens (tertiary/aromatic N) is 1. The summed E-state index contributed by atoms with van der Waals surface area (Å²) in [5.41, 5.74) is 0. The van der Waals surface area contributed by atoms with Gasteiger partial charge in [-0.25, -0.2) is 0 Å². The summed E-state index contributed by atoms with van der Waals surface area (Å²) >= 11 is 0. The second kappa shape index (κ2) is 2.50. The molecule has 62 valence electrons. The van der Waals surface area contributed by atoms with Gasteiger partial charge in [-0.3, -0.25) is 4.79 Å². The summed E-state index contributed by atoms with van der Waals surface area (Å²) in [6.45, 7) is 3.32. The van der Waals surface area contributed by atoms with E-state index in [1.54, 1.807) is 0 Å². The van der Waals surface area contributed by atoms with Crippen molar-refractivity contribution in [2.45, 2.75) is 32.2 Å². The van der Waals surface area contributed by atoms with Crippen LogP contribution in [0.4, 0.5) is 0 Å². The summed E-state index contributed by atoms with van der Waals surface area (Å²) in [6, 6.07) is 0.600. The van der Waals surface area contributed by atoms with Gasteiger partial charge in [0.2, 0.25) is 6.41 Å². The average Bonchev–Trinajstić information content (AvgIpc) is 2.53. The Bertz CT molecular complexity index is 169. The Morgan fingerprint density at radius 3 is 2.91 bits per heavy atom. The van der Waals surface area contributed by atoms with Crippen LogP contribution in [0.2, 0.25) is 0 Å². The number of hydrogen-bond acceptors (Lipinski definition) is 1. The van der Waals surface area contributed by atoms with Crippen LogP contribution in [0.5, 0.6) is 0 Å². The Balaban J connectivity index is 2.10. The van der Waals surface area contributed by atoms with Crippen molar-refractivity contribution in [3.05, 3.63) is 0 Å². The standard InChI is InChI=1S/C9H15NO/c1-7-2-3-9-8(7)4-5-10(9)6-11/h6-9H,2-5H2,1H3. The SMILES string of the molecule is CC1CCC2C1CCN2C=O. The molecule has 1 saturated heterocycles. The van der Waals surface area contributed by atoms with Gasteiger partial charge in [0.1, 0.15) is 0 Å². The molecule has 3 unspecified atom stereocenters. The molecule has 2 nitrogen and oxygen atoms in total. The first-order valence-corrected chi connectivity index (χ1v) is 4.54. The van der Waals surface area contributed by atoms with E-state index in [1.807, 2.05) is 4.90 Å². The van der Waals surface area contributed by atoms with Gasteiger partial charge in [-0.05, 0) is 31.1 Å². The summed E-state index contributed by atoms with van der Waals surface area (Å²) in [4.78, 5) is 12.6. The molecule has 3 atom stereocenters. The van der Waals surface area contributed by atoms with Crippen molar-refractivity contribution in [1.82, 2.24) is 4.90 Å². The molecule has 0 spiro atoms. The highest BCUT2D eigenvalue weighted by molar-refractivity contribution is 5.48. The summed E-state index contributed by atoms with van der Waals surface area (Å²) in [6.07, 6.45) is 4.83. The van der Waals surface area contributed by atoms with Gasteiger partial charge in [0, 0.05) is 12.6 Å². The van der Waals surface area contributed by atoms with Gasteiger partial charge >= 0.3 is 0 Å². The number of carbonyl (C=O) groups is 1. The molecular formula is C9H15NO. The molecule has 0 radical (unpaired) electrons. The maximum atomic E-state index is 10.6. The Morgan fingerprint density at radius 2 is 2.18 bits per heavy atom. The highest BCUT2D eigenvalue weighted by Gasteiger charge is 2.40. The van der Waals surface area contributed by atoms with Gasteiger partial charge in [0.05, 0.1) is 0 Å². The fourth-order valence-corrected chi connectivity index (χ4v) is 2.72. The molecule has 11 heavy (non-hydrogen) atoms. The lowest BCUT2D eigenvalue weighted by Gasteiger charge is -2.18. The number of amides is 1. The van der Waals surface area contributed by atoms with E-state index in [2.05, 4.69) is 6.92 Å². The minimum atomic E-state index is 0.600. The lowest BCUT2D eigenvalue weighted by Crippen LogP contribution is -2.28. The molecule has 1 heterocycles. The van der Waals surface area contributed by atoms with Gasteiger partial charge in [-0.15, -0.1) is 0 Å². The van der Waals surface area contributed by atoms with Crippen LogP contribution in [0, 0.1) is 11.8 Å². The highest BCUT2D eigenvalue weighted by Crippen LogP contribution is 2.40. The molecule has 0 aromatic carbocycles. The van der Waals surface area contributed by atoms with E-state index in [-0.39, 0.29) is 0 Å². The predicted molar refractivity (Wildman–Crippen MR) is 43.1 cm³/mol. The van der Waals surface area contributed by atoms with Crippen LogP contribution in [-0.4, -0.2) is 23.9 Å². The number of hydrogen-bond donors (Lipinski definition) is 0. The van der Waals surface area contributed by atoms with Crippen LogP contribution in [0.25, 0.3) is 0 Å². The number of carbonyl (C=O) groups excluding carboxylic acids is 1. The maximum Gasteiger partial charge on any atom is 0.209 e. The number of rotatable bonds is 1. The molecule has 1 saturated carbocycles. The van der Waals surface area contributed by atoms with E-state index in [0.717, 1.165) is 24.8 Å². The first-order valence-electron chi connectivity index (χ1n) is 4.54. The van der Waals surface area contributed by atoms with Gasteiger partial charge in [0.25, 0.3) is 0 Å². The zero-order valence-electron chi connectivity index (χ0n) is 6.99. The van der Waals surface area contributed by atoms with Crippen molar-refractivity contribution in [2.24, 2.45) is 11.8 Å². The topological polar surface area (TPSA) is 20.3 Å². The van der Waals surface area contributed by atoms with Gasteiger partial charge in [0.15, 0.2) is 0 Å². The number of fused-ring (bicyclic) bond motifs is 1. The maximum absolute atomic E-state index is 10.6. The molecule has 0 N–H and O–H groups in total. The van der Waals surface area contributed by atoms with E-state index in [9.17, 15) is 4.79 Å². The van der Waals surface area contributed by atoms with Crippen molar-refractivity contribution in [3.63, 3.8) is 0 Å². The van der Waals surface area contributed by atoms with Crippen molar-refractivity contribution in [1.29, 1.82) is 0 Å². The van der Waals surface area contributed by atoms with Crippen LogP contribution in [-0.2, 0) is 4.79 Å². The third kappa shape index (κ3) is 0.959. The Morgan fingerprint density at radius 1 is 1.36 bits per heavy atom. The second-order valence-electron chi connectivity index (χ2n) is 3.92. The van der Waals surface area contributed by atoms with E-state index in [4.69, 9.17) is 0 Å². The van der Waals surface area contributed by atoms with Crippen molar-refractivity contribution < 1.29 is 4.79 Å². The molecule has 2 fully saturated rings. The molecule has 2 rings (SSSR count). The molecular weight excluding hydrogens is 138 g/mol. The van der Waals surface area contributed by atoms with Gasteiger partial charge in [-0.2, -0.15) is 0 Å². The summed E-state index contributed by atoms with van der Waals surface area (Å²) in [7, 11) is 0. The minimum absolute atomic E-state index is 0.600. The highest BCUT2D eigenvalue weighted by atomic mass is 16.1. The first-order chi connectivity index (χ1) is 5.33. The lowest BCUT2D eigenvalue weighted by molar-refractivity contribution is -0.119. The quantitative estimate of drug-likeness (QED) is 0.519. The molecule has 1 aliphatic carbocycles. The zero-order chi connectivity index (χ0) is 7.84. The summed E-state index contributed by atoms with van der Waals surface area (Å²) < 4.78 is 0. The molecule has 0 bridgehead atoms. The Hall–Kier alpha value is -0.530. The number of likely N-dealkylation sites (tertiary alicyclic amines) is 1. The molecule has 1 aliphatic heterocycles. The van der Waals surface area contributed by atoms with Crippen molar-refractivity contribution >= 4 is 6.41 Å². The van der Waals surface area contributed by atoms with Crippen LogP contribution in [0.15, 0.2) is 0 Å². The van der Waals surface area contributed by atoms with Crippen LogP contribution >= 0.6 is 0 Å². The van der Waals surface area contributed by atoms with Crippen LogP contribution in [0.1, 0.15) is 26.2 Å². The summed E-state index contributed by atoms with van der Waals surface area (Å²) in [5.74, 6) is 1.67.